The summed E-state index contributed by atoms with van der Waals surface area (Å²) < 4.78 is 5.27. The number of rotatable bonds is 4. The SMILES string of the molecule is NC[C@@H]1O[C@H](C(=O)NCc2cccnc2)[C@H](O)[C@H](O)[C@H]1O. The van der Waals surface area contributed by atoms with Gasteiger partial charge in [0.2, 0.25) is 0 Å². The predicted octanol–water partition coefficient (Wildman–Crippen LogP) is -2.49. The maximum Gasteiger partial charge on any atom is 0.252 e. The van der Waals surface area contributed by atoms with Crippen LogP contribution >= 0.6 is 0 Å². The topological polar surface area (TPSA) is 138 Å². The van der Waals surface area contributed by atoms with Gasteiger partial charge in [-0.15, -0.1) is 0 Å². The van der Waals surface area contributed by atoms with E-state index in [0.29, 0.717) is 0 Å². The fraction of sp³-hybridized carbons (Fsp3) is 0.538. The molecule has 0 aromatic carbocycles. The lowest BCUT2D eigenvalue weighted by Gasteiger charge is -2.39. The van der Waals surface area contributed by atoms with Gasteiger partial charge in [-0.25, -0.2) is 0 Å². The molecule has 1 fully saturated rings. The van der Waals surface area contributed by atoms with E-state index in [0.717, 1.165) is 5.56 Å². The van der Waals surface area contributed by atoms with E-state index < -0.39 is 36.4 Å². The third kappa shape index (κ3) is 3.55. The third-order valence-electron chi connectivity index (χ3n) is 3.39. The van der Waals surface area contributed by atoms with Crippen molar-refractivity contribution in [2.45, 2.75) is 37.1 Å². The number of carbonyl (C=O) groups excluding carboxylic acids is 1. The van der Waals surface area contributed by atoms with Crippen molar-refractivity contribution < 1.29 is 24.9 Å². The van der Waals surface area contributed by atoms with E-state index in [-0.39, 0.29) is 13.1 Å². The Morgan fingerprint density at radius 1 is 1.33 bits per heavy atom. The van der Waals surface area contributed by atoms with Crippen molar-refractivity contribution in [3.8, 4) is 0 Å². The molecule has 8 nitrogen and oxygen atoms in total. The minimum atomic E-state index is -1.52. The smallest absolute Gasteiger partial charge is 0.252 e. The number of nitrogens with one attached hydrogen (secondary N) is 1. The Balaban J connectivity index is 1.97. The van der Waals surface area contributed by atoms with Crippen LogP contribution in [0.1, 0.15) is 5.56 Å². The van der Waals surface area contributed by atoms with E-state index in [1.54, 1.807) is 24.5 Å². The fourth-order valence-electron chi connectivity index (χ4n) is 2.15. The lowest BCUT2D eigenvalue weighted by atomic mass is 9.94. The molecule has 0 radical (unpaired) electrons. The molecule has 0 unspecified atom stereocenters. The van der Waals surface area contributed by atoms with Gasteiger partial charge in [-0.3, -0.25) is 9.78 Å². The number of hydrogen-bond acceptors (Lipinski definition) is 7. The van der Waals surface area contributed by atoms with Crippen molar-refractivity contribution >= 4 is 5.91 Å². The van der Waals surface area contributed by atoms with Crippen LogP contribution in [0.5, 0.6) is 0 Å². The molecule has 0 bridgehead atoms. The first-order valence-corrected chi connectivity index (χ1v) is 6.61. The summed E-state index contributed by atoms with van der Waals surface area (Å²) in [5.41, 5.74) is 6.20. The van der Waals surface area contributed by atoms with Crippen LogP contribution in [-0.4, -0.2) is 63.3 Å². The Morgan fingerprint density at radius 2 is 2.10 bits per heavy atom. The van der Waals surface area contributed by atoms with Crippen LogP contribution in [0.3, 0.4) is 0 Å². The first-order valence-electron chi connectivity index (χ1n) is 6.61. The van der Waals surface area contributed by atoms with Crippen LogP contribution < -0.4 is 11.1 Å². The molecule has 1 amide bonds. The normalized spacial score (nSPS) is 32.7. The zero-order valence-corrected chi connectivity index (χ0v) is 11.3. The number of aromatic nitrogens is 1. The standard InChI is InChI=1S/C13H19N3O5/c14-4-8-9(17)10(18)11(19)12(21-8)13(20)16-6-7-2-1-3-15-5-7/h1-3,5,8-12,17-19H,4,6,14H2,(H,16,20)/t8-,9-,10+,11+,12-/m0/s1. The first kappa shape index (κ1) is 15.8. The molecule has 2 rings (SSSR count). The van der Waals surface area contributed by atoms with E-state index in [1.807, 2.05) is 0 Å². The molecular formula is C13H19N3O5. The molecule has 6 N–H and O–H groups in total. The molecule has 1 aliphatic heterocycles. The lowest BCUT2D eigenvalue weighted by Crippen LogP contribution is -2.62. The van der Waals surface area contributed by atoms with Gasteiger partial charge >= 0.3 is 0 Å². The highest BCUT2D eigenvalue weighted by Gasteiger charge is 2.45. The van der Waals surface area contributed by atoms with Gasteiger partial charge in [0.25, 0.3) is 5.91 Å². The molecule has 116 valence electrons. The lowest BCUT2D eigenvalue weighted by molar-refractivity contribution is -0.218. The molecule has 0 saturated carbocycles. The van der Waals surface area contributed by atoms with Crippen LogP contribution in [0.25, 0.3) is 0 Å². The number of pyridine rings is 1. The monoisotopic (exact) mass is 297 g/mol. The molecule has 1 aliphatic rings. The maximum atomic E-state index is 12.0. The second-order valence-corrected chi connectivity index (χ2v) is 4.88. The van der Waals surface area contributed by atoms with Crippen LogP contribution in [0.15, 0.2) is 24.5 Å². The van der Waals surface area contributed by atoms with Crippen molar-refractivity contribution in [1.29, 1.82) is 0 Å². The second kappa shape index (κ2) is 6.92. The minimum absolute atomic E-state index is 0.0721. The Kier molecular flexibility index (Phi) is 5.21. The summed E-state index contributed by atoms with van der Waals surface area (Å²) in [7, 11) is 0. The van der Waals surface area contributed by atoms with Gasteiger partial charge in [-0.2, -0.15) is 0 Å². The molecule has 0 spiro atoms. The average molecular weight is 297 g/mol. The Morgan fingerprint density at radius 3 is 2.71 bits per heavy atom. The quantitative estimate of drug-likeness (QED) is 0.414. The summed E-state index contributed by atoms with van der Waals surface area (Å²) in [4.78, 5) is 16.0. The molecule has 8 heteroatoms. The van der Waals surface area contributed by atoms with E-state index >= 15 is 0 Å². The third-order valence-corrected chi connectivity index (χ3v) is 3.39. The average Bonchev–Trinajstić information content (AvgIpc) is 2.52. The van der Waals surface area contributed by atoms with E-state index in [4.69, 9.17) is 10.5 Å². The largest absolute Gasteiger partial charge is 0.388 e. The molecule has 21 heavy (non-hydrogen) atoms. The van der Waals surface area contributed by atoms with Crippen molar-refractivity contribution in [3.63, 3.8) is 0 Å². The highest BCUT2D eigenvalue weighted by molar-refractivity contribution is 5.81. The number of nitrogens with zero attached hydrogens (tertiary/aromatic N) is 1. The summed E-state index contributed by atoms with van der Waals surface area (Å²) in [5.74, 6) is -0.587. The predicted molar refractivity (Wildman–Crippen MR) is 71.8 cm³/mol. The molecule has 5 atom stereocenters. The van der Waals surface area contributed by atoms with Crippen molar-refractivity contribution in [2.75, 3.05) is 6.54 Å². The van der Waals surface area contributed by atoms with Gasteiger partial charge in [-0.05, 0) is 11.6 Å². The molecular weight excluding hydrogens is 278 g/mol. The molecule has 1 aromatic rings. The second-order valence-electron chi connectivity index (χ2n) is 4.88. The van der Waals surface area contributed by atoms with Crippen LogP contribution in [0.2, 0.25) is 0 Å². The number of carbonyl (C=O) groups is 1. The molecule has 2 heterocycles. The minimum Gasteiger partial charge on any atom is -0.388 e. The van der Waals surface area contributed by atoms with Gasteiger partial charge in [0.05, 0.1) is 6.10 Å². The number of ether oxygens (including phenoxy) is 1. The molecule has 1 saturated heterocycles. The number of hydrogen-bond donors (Lipinski definition) is 5. The molecule has 1 aromatic heterocycles. The number of aliphatic hydroxyl groups excluding tert-OH is 3. The number of nitrogens with two attached hydrogens (primary N) is 1. The summed E-state index contributed by atoms with van der Waals surface area (Å²) >= 11 is 0. The van der Waals surface area contributed by atoms with Gasteiger partial charge in [0.15, 0.2) is 6.10 Å². The Hall–Kier alpha value is -1.58. The van der Waals surface area contributed by atoms with Gasteiger partial charge < -0.3 is 31.1 Å². The zero-order chi connectivity index (χ0) is 15.4. The van der Waals surface area contributed by atoms with E-state index in [9.17, 15) is 20.1 Å². The van der Waals surface area contributed by atoms with Gasteiger partial charge in [0.1, 0.15) is 18.3 Å². The van der Waals surface area contributed by atoms with E-state index in [1.165, 1.54) is 0 Å². The van der Waals surface area contributed by atoms with Gasteiger partial charge in [0, 0.05) is 25.5 Å². The highest BCUT2D eigenvalue weighted by atomic mass is 16.5. The van der Waals surface area contributed by atoms with Crippen LogP contribution in [0.4, 0.5) is 0 Å². The van der Waals surface area contributed by atoms with Crippen molar-refractivity contribution in [2.24, 2.45) is 5.73 Å². The first-order chi connectivity index (χ1) is 10.0. The van der Waals surface area contributed by atoms with E-state index in [2.05, 4.69) is 10.3 Å². The van der Waals surface area contributed by atoms with Crippen molar-refractivity contribution in [1.82, 2.24) is 10.3 Å². The Labute approximate surface area is 121 Å². The summed E-state index contributed by atoms with van der Waals surface area (Å²) in [6.45, 7) is 0.141. The number of amides is 1. The maximum absolute atomic E-state index is 12.0. The highest BCUT2D eigenvalue weighted by Crippen LogP contribution is 2.21. The Bertz CT molecular complexity index is 470. The number of aliphatic hydroxyl groups is 3. The van der Waals surface area contributed by atoms with Crippen molar-refractivity contribution in [3.05, 3.63) is 30.1 Å². The summed E-state index contributed by atoms with van der Waals surface area (Å²) in [6, 6.07) is 3.52. The van der Waals surface area contributed by atoms with Gasteiger partial charge in [-0.1, -0.05) is 6.07 Å². The molecule has 0 aliphatic carbocycles. The fourth-order valence-corrected chi connectivity index (χ4v) is 2.15. The zero-order valence-electron chi connectivity index (χ0n) is 11.3. The van der Waals surface area contributed by atoms with Crippen LogP contribution in [0, 0.1) is 0 Å². The summed E-state index contributed by atoms with van der Waals surface area (Å²) in [6.07, 6.45) is -3.31. The van der Waals surface area contributed by atoms with Crippen LogP contribution in [-0.2, 0) is 16.1 Å². The summed E-state index contributed by atoms with van der Waals surface area (Å²) in [5, 5.41) is 31.8.